The van der Waals surface area contributed by atoms with Crippen LogP contribution in [0.15, 0.2) is 30.3 Å². The first-order chi connectivity index (χ1) is 17.5. The molecule has 9 heteroatoms. The molecule has 2 aromatic carbocycles. The summed E-state index contributed by atoms with van der Waals surface area (Å²) in [6.07, 6.45) is 3.60. The Labute approximate surface area is 222 Å². The predicted octanol–water partition coefficient (Wildman–Crippen LogP) is 4.49. The summed E-state index contributed by atoms with van der Waals surface area (Å²) in [4.78, 5) is 26.4. The molecule has 0 aromatic heterocycles. The number of carbonyl (C=O) groups excluding carboxylic acids is 1. The van der Waals surface area contributed by atoms with Gasteiger partial charge in [-0.05, 0) is 62.6 Å². The van der Waals surface area contributed by atoms with Crippen LogP contribution in [0.1, 0.15) is 54.6 Å². The molecule has 2 heterocycles. The number of likely N-dealkylation sites (tertiary alicyclic amines) is 1. The number of piperidine rings is 1. The van der Waals surface area contributed by atoms with Crippen LogP contribution in [-0.4, -0.2) is 66.4 Å². The Morgan fingerprint density at radius 3 is 2.59 bits per heavy atom. The largest absolute Gasteiger partial charge is 0.493 e. The van der Waals surface area contributed by atoms with Crippen molar-refractivity contribution in [2.24, 2.45) is 0 Å². The molecule has 0 radical (unpaired) electrons. The van der Waals surface area contributed by atoms with Crippen molar-refractivity contribution in [2.45, 2.75) is 57.7 Å². The third-order valence-corrected chi connectivity index (χ3v) is 7.37. The number of ether oxygens (including phenoxy) is 3. The van der Waals surface area contributed by atoms with Crippen molar-refractivity contribution < 1.29 is 28.9 Å². The summed E-state index contributed by atoms with van der Waals surface area (Å²) in [6.45, 7) is 7.90. The molecule has 0 bridgehead atoms. The second-order valence-corrected chi connectivity index (χ2v) is 10.8. The number of rotatable bonds is 9. The normalized spacial score (nSPS) is 16.7. The summed E-state index contributed by atoms with van der Waals surface area (Å²) in [5.74, 6) is 0.335. The number of aliphatic carboxylic acids is 1. The number of fused-ring (bicyclic) bond motifs is 1. The van der Waals surface area contributed by atoms with E-state index in [0.717, 1.165) is 56.1 Å². The van der Waals surface area contributed by atoms with Crippen molar-refractivity contribution in [1.82, 2.24) is 10.2 Å². The van der Waals surface area contributed by atoms with E-state index in [4.69, 9.17) is 25.8 Å². The second kappa shape index (κ2) is 10.8. The molecular weight excluding hydrogens is 496 g/mol. The smallest absolute Gasteiger partial charge is 0.347 e. The van der Waals surface area contributed by atoms with Crippen molar-refractivity contribution in [2.75, 3.05) is 33.3 Å². The summed E-state index contributed by atoms with van der Waals surface area (Å²) in [5.41, 5.74) is 0.678. The molecule has 0 unspecified atom stereocenters. The van der Waals surface area contributed by atoms with Crippen LogP contribution < -0.4 is 19.5 Å². The number of nitrogens with one attached hydrogen (secondary N) is 1. The van der Waals surface area contributed by atoms with E-state index in [2.05, 4.69) is 10.2 Å². The van der Waals surface area contributed by atoms with Gasteiger partial charge in [-0.25, -0.2) is 4.79 Å². The third kappa shape index (κ3) is 6.13. The SMILES string of the molecule is CNC(=O)c1cc(C)c(OC(C)(C)C(=O)O)cc1OCCCN1CCC2(CC1)Cc1cc(Cl)ccc1O2. The third-order valence-electron chi connectivity index (χ3n) is 7.13. The number of carboxylic acids is 1. The Bertz CT molecular complexity index is 1170. The molecule has 0 atom stereocenters. The lowest BCUT2D eigenvalue weighted by atomic mass is 9.87. The van der Waals surface area contributed by atoms with Gasteiger partial charge in [-0.1, -0.05) is 11.6 Å². The lowest BCUT2D eigenvalue weighted by Gasteiger charge is -2.38. The molecule has 2 aliphatic heterocycles. The van der Waals surface area contributed by atoms with Gasteiger partial charge in [-0.2, -0.15) is 0 Å². The van der Waals surface area contributed by atoms with Gasteiger partial charge in [0, 0.05) is 57.0 Å². The minimum absolute atomic E-state index is 0.134. The highest BCUT2D eigenvalue weighted by Crippen LogP contribution is 2.42. The van der Waals surface area contributed by atoms with E-state index in [0.29, 0.717) is 29.2 Å². The van der Waals surface area contributed by atoms with Gasteiger partial charge in [-0.3, -0.25) is 4.79 Å². The van der Waals surface area contributed by atoms with E-state index in [1.165, 1.54) is 19.4 Å². The first-order valence-corrected chi connectivity index (χ1v) is 13.0. The molecule has 1 saturated heterocycles. The zero-order valence-corrected chi connectivity index (χ0v) is 22.6. The molecule has 4 rings (SSSR count). The van der Waals surface area contributed by atoms with Crippen molar-refractivity contribution in [1.29, 1.82) is 0 Å². The number of carboxylic acid groups (broad SMARTS) is 1. The average Bonchev–Trinajstić information content (AvgIpc) is 3.20. The minimum atomic E-state index is -1.42. The summed E-state index contributed by atoms with van der Waals surface area (Å²) >= 11 is 6.15. The fourth-order valence-corrected chi connectivity index (χ4v) is 5.06. The fraction of sp³-hybridized carbons (Fsp3) is 0.500. The van der Waals surface area contributed by atoms with Gasteiger partial charge in [0.1, 0.15) is 22.8 Å². The molecule has 1 amide bonds. The summed E-state index contributed by atoms with van der Waals surface area (Å²) < 4.78 is 18.1. The molecule has 8 nitrogen and oxygen atoms in total. The van der Waals surface area contributed by atoms with Crippen molar-refractivity contribution in [3.63, 3.8) is 0 Å². The number of hydrogen-bond donors (Lipinski definition) is 2. The molecule has 0 aliphatic carbocycles. The Balaban J connectivity index is 1.32. The standard InChI is InChI=1S/C28H35ClN2O6/c1-18-14-21(25(32)30-4)24(16-23(18)36-27(2,3)26(33)34)35-13-5-10-31-11-8-28(9-12-31)17-19-15-20(29)6-7-22(19)37-28/h6-7,14-16H,5,8-13,17H2,1-4H3,(H,30,32)(H,33,34). The van der Waals surface area contributed by atoms with Crippen LogP contribution in [0, 0.1) is 6.92 Å². The Morgan fingerprint density at radius 2 is 1.92 bits per heavy atom. The van der Waals surface area contributed by atoms with Gasteiger partial charge in [0.15, 0.2) is 5.60 Å². The molecule has 1 fully saturated rings. The predicted molar refractivity (Wildman–Crippen MR) is 141 cm³/mol. The summed E-state index contributed by atoms with van der Waals surface area (Å²) in [7, 11) is 1.56. The Hall–Kier alpha value is -2.97. The lowest BCUT2D eigenvalue weighted by molar-refractivity contribution is -0.152. The molecule has 1 spiro atoms. The summed E-state index contributed by atoms with van der Waals surface area (Å²) in [5, 5.41) is 12.8. The average molecular weight is 531 g/mol. The molecule has 0 saturated carbocycles. The van der Waals surface area contributed by atoms with Crippen LogP contribution in [0.5, 0.6) is 17.2 Å². The molecule has 2 N–H and O–H groups in total. The van der Waals surface area contributed by atoms with Gasteiger partial charge in [0.05, 0.1) is 12.2 Å². The highest BCUT2D eigenvalue weighted by molar-refractivity contribution is 6.30. The van der Waals surface area contributed by atoms with Crippen molar-refractivity contribution in [3.05, 3.63) is 52.0 Å². The molecule has 37 heavy (non-hydrogen) atoms. The van der Waals surface area contributed by atoms with Gasteiger partial charge in [-0.15, -0.1) is 0 Å². The number of aryl methyl sites for hydroxylation is 1. The number of amides is 1. The Kier molecular flexibility index (Phi) is 7.90. The minimum Gasteiger partial charge on any atom is -0.493 e. The maximum Gasteiger partial charge on any atom is 0.347 e. The van der Waals surface area contributed by atoms with Crippen LogP contribution >= 0.6 is 11.6 Å². The number of benzene rings is 2. The van der Waals surface area contributed by atoms with Crippen molar-refractivity contribution in [3.8, 4) is 17.2 Å². The van der Waals surface area contributed by atoms with Crippen LogP contribution in [0.25, 0.3) is 0 Å². The number of halogens is 1. The van der Waals surface area contributed by atoms with Crippen LogP contribution in [0.2, 0.25) is 5.02 Å². The first kappa shape index (κ1) is 27.1. The second-order valence-electron chi connectivity index (χ2n) is 10.4. The van der Waals surface area contributed by atoms with E-state index in [1.807, 2.05) is 18.2 Å². The molecular formula is C28H35ClN2O6. The lowest BCUT2D eigenvalue weighted by Crippen LogP contribution is -2.47. The molecule has 2 aliphatic rings. The van der Waals surface area contributed by atoms with E-state index < -0.39 is 11.6 Å². The topological polar surface area (TPSA) is 97.3 Å². The van der Waals surface area contributed by atoms with Crippen molar-refractivity contribution >= 4 is 23.5 Å². The maximum absolute atomic E-state index is 12.4. The van der Waals surface area contributed by atoms with Gasteiger partial charge >= 0.3 is 5.97 Å². The van der Waals surface area contributed by atoms with E-state index >= 15 is 0 Å². The highest BCUT2D eigenvalue weighted by atomic mass is 35.5. The van der Waals surface area contributed by atoms with Crippen LogP contribution in [0.4, 0.5) is 0 Å². The van der Waals surface area contributed by atoms with Gasteiger partial charge in [0.25, 0.3) is 5.91 Å². The number of hydrogen-bond acceptors (Lipinski definition) is 6. The quantitative estimate of drug-likeness (QED) is 0.461. The molecule has 200 valence electrons. The first-order valence-electron chi connectivity index (χ1n) is 12.6. The number of nitrogens with zero attached hydrogens (tertiary/aromatic N) is 1. The zero-order chi connectivity index (χ0) is 26.8. The van der Waals surface area contributed by atoms with E-state index in [-0.39, 0.29) is 11.5 Å². The van der Waals surface area contributed by atoms with Gasteiger partial charge in [0.2, 0.25) is 0 Å². The molecule has 2 aromatic rings. The zero-order valence-electron chi connectivity index (χ0n) is 21.9. The maximum atomic E-state index is 12.4. The fourth-order valence-electron chi connectivity index (χ4n) is 4.86. The van der Waals surface area contributed by atoms with E-state index in [1.54, 1.807) is 26.1 Å². The van der Waals surface area contributed by atoms with Gasteiger partial charge < -0.3 is 29.5 Å². The van der Waals surface area contributed by atoms with E-state index in [9.17, 15) is 14.7 Å². The van der Waals surface area contributed by atoms with Crippen LogP contribution in [-0.2, 0) is 11.2 Å². The highest BCUT2D eigenvalue weighted by Gasteiger charge is 2.41. The Morgan fingerprint density at radius 1 is 1.19 bits per heavy atom. The monoisotopic (exact) mass is 530 g/mol. The number of carbonyl (C=O) groups is 2. The summed E-state index contributed by atoms with van der Waals surface area (Å²) in [6, 6.07) is 9.12. The van der Waals surface area contributed by atoms with Crippen LogP contribution in [0.3, 0.4) is 0 Å².